The fourth-order valence-corrected chi connectivity index (χ4v) is 18.7. The van der Waals surface area contributed by atoms with Gasteiger partial charge in [-0.2, -0.15) is 0 Å². The van der Waals surface area contributed by atoms with Crippen molar-refractivity contribution in [1.29, 1.82) is 0 Å². The molecule has 2 fully saturated rings. The van der Waals surface area contributed by atoms with Gasteiger partial charge in [-0.25, -0.2) is 0 Å². The van der Waals surface area contributed by atoms with E-state index in [0.717, 1.165) is 76.1 Å². The molecule has 6 nitrogen and oxygen atoms in total. The second kappa shape index (κ2) is 65.1. The van der Waals surface area contributed by atoms with Gasteiger partial charge in [0.05, 0.1) is 25.4 Å². The van der Waals surface area contributed by atoms with Gasteiger partial charge in [-0.05, 0) is 130 Å². The number of hydrogen-bond acceptors (Lipinski definition) is 6. The van der Waals surface area contributed by atoms with Crippen LogP contribution in [-0.4, -0.2) is 25.4 Å². The summed E-state index contributed by atoms with van der Waals surface area (Å²) in [5.74, 6) is 3.24. The van der Waals surface area contributed by atoms with Crippen molar-refractivity contribution in [3.63, 3.8) is 0 Å². The summed E-state index contributed by atoms with van der Waals surface area (Å²) in [6.45, 7) is 16.0. The van der Waals surface area contributed by atoms with Crippen molar-refractivity contribution < 1.29 is 27.1 Å². The molecule has 0 unspecified atom stereocenters. The van der Waals surface area contributed by atoms with Gasteiger partial charge in [-0.3, -0.25) is 4.52 Å². The van der Waals surface area contributed by atoms with Gasteiger partial charge in [0, 0.05) is 0 Å². The zero-order valence-corrected chi connectivity index (χ0v) is 68.6. The maximum absolute atomic E-state index is 7.17. The molecule has 2 aliphatic rings. The Hall–Kier alpha value is -1.26. The van der Waals surface area contributed by atoms with Crippen molar-refractivity contribution >= 4 is 17.2 Å². The van der Waals surface area contributed by atoms with Crippen molar-refractivity contribution in [1.82, 2.24) is 0 Å². The van der Waals surface area contributed by atoms with Gasteiger partial charge in [-0.15, -0.1) is 0 Å². The van der Waals surface area contributed by atoms with E-state index in [2.05, 4.69) is 90.1 Å². The lowest BCUT2D eigenvalue weighted by Gasteiger charge is -2.46. The Balaban J connectivity index is 1.26. The molecular formula is C91H166O6P2. The Kier molecular flexibility index (Phi) is 59.2. The van der Waals surface area contributed by atoms with Crippen LogP contribution < -0.4 is 9.05 Å². The first-order chi connectivity index (χ1) is 48.9. The third kappa shape index (κ3) is 47.8. The van der Waals surface area contributed by atoms with Crippen LogP contribution in [0.3, 0.4) is 0 Å². The van der Waals surface area contributed by atoms with E-state index in [4.69, 9.17) is 27.1 Å². The molecule has 2 saturated carbocycles. The van der Waals surface area contributed by atoms with Crippen LogP contribution in [0.4, 0.5) is 0 Å². The van der Waals surface area contributed by atoms with Crippen LogP contribution in [0.5, 0.6) is 11.5 Å². The summed E-state index contributed by atoms with van der Waals surface area (Å²) in [6.07, 6.45) is 88.5. The monoisotopic (exact) mass is 1420 g/mol. The average Bonchev–Trinajstić information content (AvgIpc) is 0.809. The maximum Gasteiger partial charge on any atom is 0.463 e. The normalized spacial score (nSPS) is 16.8. The van der Waals surface area contributed by atoms with Crippen molar-refractivity contribution in [2.45, 2.75) is 478 Å². The Labute approximate surface area is 620 Å². The number of rotatable bonds is 72. The van der Waals surface area contributed by atoms with E-state index in [9.17, 15) is 0 Å². The van der Waals surface area contributed by atoms with Crippen molar-refractivity contribution in [3.8, 4) is 11.5 Å². The second-order valence-corrected chi connectivity index (χ2v) is 34.6. The minimum atomic E-state index is -1.67. The first-order valence-corrected chi connectivity index (χ1v) is 46.8. The molecule has 0 saturated heterocycles. The third-order valence-corrected chi connectivity index (χ3v) is 25.6. The molecule has 2 aliphatic carbocycles. The van der Waals surface area contributed by atoms with Crippen LogP contribution in [-0.2, 0) is 30.9 Å². The Morgan fingerprint density at radius 2 is 0.495 bits per heavy atom. The van der Waals surface area contributed by atoms with Gasteiger partial charge >= 0.3 is 17.2 Å². The van der Waals surface area contributed by atoms with Crippen LogP contribution in [0.15, 0.2) is 48.5 Å². The standard InChI is InChI=1S/C91H166O6P2/c1-7-11-15-19-23-27-31-35-39-43-47-51-55-59-67-83-69-61-63-71-89(83)96-99(97-90-72-64-62-70-84(90)68-60-56-52-48-44-40-36-32-28-24-20-16-12-8-2)95-88-79-75-86(76-80-88)91(5,6)85-73-77-87(78-74-85)94-98(92-81-65-57-53-49-45-41-37-33-29-25-21-17-13-9-3)93-82-66-58-54-50-46-42-38-34-30-26-22-18-14-10-4/h61-64,69-72,85-88H,7-60,65-68,73-82H2,1-6H3. The van der Waals surface area contributed by atoms with Crippen LogP contribution in [0.25, 0.3) is 0 Å². The molecule has 4 rings (SSSR count). The molecule has 0 atom stereocenters. The first kappa shape index (κ1) is 90.1. The highest BCUT2D eigenvalue weighted by Crippen LogP contribution is 2.53. The smallest absolute Gasteiger partial charge is 0.417 e. The molecule has 2 aromatic rings. The van der Waals surface area contributed by atoms with E-state index >= 15 is 0 Å². The summed E-state index contributed by atoms with van der Waals surface area (Å²) >= 11 is 0. The molecular weight excluding hydrogens is 1250 g/mol. The van der Waals surface area contributed by atoms with Gasteiger partial charge in [0.15, 0.2) is 0 Å². The Morgan fingerprint density at radius 3 is 0.758 bits per heavy atom. The molecule has 0 spiro atoms. The highest BCUT2D eigenvalue weighted by Gasteiger charge is 2.42. The number of para-hydroxylation sites is 2. The molecule has 0 amide bonds. The first-order valence-electron chi connectivity index (χ1n) is 44.6. The van der Waals surface area contributed by atoms with Crippen molar-refractivity contribution in [2.24, 2.45) is 17.3 Å². The predicted octanol–water partition coefficient (Wildman–Crippen LogP) is 32.8. The van der Waals surface area contributed by atoms with Crippen LogP contribution in [0.2, 0.25) is 0 Å². The van der Waals surface area contributed by atoms with Gasteiger partial charge in [0.2, 0.25) is 0 Å². The van der Waals surface area contributed by atoms with E-state index in [1.165, 1.54) is 384 Å². The van der Waals surface area contributed by atoms with Gasteiger partial charge in [0.1, 0.15) is 11.5 Å². The number of hydrogen-bond donors (Lipinski definition) is 0. The van der Waals surface area contributed by atoms with Gasteiger partial charge in [0.25, 0.3) is 0 Å². The summed E-state index contributed by atoms with van der Waals surface area (Å²) < 4.78 is 41.3. The molecule has 99 heavy (non-hydrogen) atoms. The molecule has 0 N–H and O–H groups in total. The van der Waals surface area contributed by atoms with Crippen LogP contribution in [0.1, 0.15) is 464 Å². The van der Waals surface area contributed by atoms with E-state index in [0.29, 0.717) is 11.8 Å². The summed E-state index contributed by atoms with van der Waals surface area (Å²) in [5, 5.41) is 0. The lowest BCUT2D eigenvalue weighted by Crippen LogP contribution is -2.39. The third-order valence-electron chi connectivity index (χ3n) is 23.2. The maximum atomic E-state index is 7.17. The van der Waals surface area contributed by atoms with Gasteiger partial charge < -0.3 is 22.6 Å². The van der Waals surface area contributed by atoms with E-state index in [-0.39, 0.29) is 17.6 Å². The van der Waals surface area contributed by atoms with E-state index in [1.54, 1.807) is 0 Å². The minimum Gasteiger partial charge on any atom is -0.417 e. The fourth-order valence-electron chi connectivity index (χ4n) is 16.2. The van der Waals surface area contributed by atoms with Crippen molar-refractivity contribution in [3.05, 3.63) is 59.7 Å². The van der Waals surface area contributed by atoms with Crippen LogP contribution >= 0.6 is 17.2 Å². The molecule has 576 valence electrons. The molecule has 0 radical (unpaired) electrons. The summed E-state index contributed by atoms with van der Waals surface area (Å²) in [5.41, 5.74) is 2.83. The largest absolute Gasteiger partial charge is 0.463 e. The van der Waals surface area contributed by atoms with Crippen molar-refractivity contribution in [2.75, 3.05) is 13.2 Å². The summed E-state index contributed by atoms with van der Waals surface area (Å²) in [4.78, 5) is 0. The lowest BCUT2D eigenvalue weighted by atomic mass is 9.60. The Morgan fingerprint density at radius 1 is 0.273 bits per heavy atom. The SMILES string of the molecule is CCCCCCCCCCCCCCCCOP(OCCCCCCCCCCCCCCCC)OC1CCC(C(C)(C)C2CCC(OP(Oc3ccccc3CCCCCCCCCCCCCCCC)Oc3ccccc3CCCCCCCCCCCCCCCC)CC2)CC1. The molecule has 8 heteroatoms. The van der Waals surface area contributed by atoms with Gasteiger partial charge in [-0.1, -0.05) is 412 Å². The molecule has 2 aromatic carbocycles. The average molecular weight is 1420 g/mol. The highest BCUT2D eigenvalue weighted by atomic mass is 31.2. The summed E-state index contributed by atoms with van der Waals surface area (Å²) in [7, 11) is -2.99. The molecule has 0 bridgehead atoms. The second-order valence-electron chi connectivity index (χ2n) is 32.4. The van der Waals surface area contributed by atoms with E-state index < -0.39 is 17.2 Å². The molecule has 0 heterocycles. The Bertz CT molecular complexity index is 1900. The predicted molar refractivity (Wildman–Crippen MR) is 436 cm³/mol. The fraction of sp³-hybridized carbons (Fsp3) is 0.868. The lowest BCUT2D eigenvalue weighted by molar-refractivity contribution is 0.00529. The number of aryl methyl sites for hydroxylation is 2. The zero-order valence-electron chi connectivity index (χ0n) is 66.9. The van der Waals surface area contributed by atoms with Crippen LogP contribution in [0, 0.1) is 17.3 Å². The molecule has 0 aliphatic heterocycles. The highest BCUT2D eigenvalue weighted by molar-refractivity contribution is 7.42. The summed E-state index contributed by atoms with van der Waals surface area (Å²) in [6, 6.07) is 17.6. The minimum absolute atomic E-state index is 0.122. The topological polar surface area (TPSA) is 55.4 Å². The van der Waals surface area contributed by atoms with E-state index in [1.807, 2.05) is 0 Å². The number of benzene rings is 2. The quantitative estimate of drug-likeness (QED) is 0.0486. The number of unbranched alkanes of at least 4 members (excludes halogenated alkanes) is 52. The zero-order chi connectivity index (χ0) is 70.3. The molecule has 0 aromatic heterocycles.